The number of amides is 1. The van der Waals surface area contributed by atoms with Crippen molar-refractivity contribution in [3.8, 4) is 11.5 Å². The van der Waals surface area contributed by atoms with E-state index < -0.39 is 11.6 Å². The topological polar surface area (TPSA) is 67.2 Å². The van der Waals surface area contributed by atoms with Gasteiger partial charge in [-0.1, -0.05) is 24.3 Å². The van der Waals surface area contributed by atoms with E-state index in [9.17, 15) is 13.6 Å². The van der Waals surface area contributed by atoms with Gasteiger partial charge in [0.05, 0.1) is 5.69 Å². The smallest absolute Gasteiger partial charge is 0.289 e. The molecule has 2 unspecified atom stereocenters. The van der Waals surface area contributed by atoms with Gasteiger partial charge in [-0.25, -0.2) is 13.8 Å². The third kappa shape index (κ3) is 4.52. The monoisotopic (exact) mass is 433 g/mol. The van der Waals surface area contributed by atoms with Crippen LogP contribution in [0.5, 0.6) is 0 Å². The van der Waals surface area contributed by atoms with Gasteiger partial charge in [-0.3, -0.25) is 4.79 Å². The number of carbonyl (C=O) groups is 1. The Kier molecular flexibility index (Phi) is 6.84. The van der Waals surface area contributed by atoms with Crippen LogP contribution in [0.4, 0.5) is 8.78 Å². The number of carbonyl (C=O) groups excluding carboxylic acids is 1. The minimum atomic E-state index is -0.885. The number of hydrogen-bond acceptors (Lipinski definition) is 4. The Labute approximate surface area is 179 Å². The molecule has 1 aliphatic heterocycles. The predicted molar refractivity (Wildman–Crippen MR) is 112 cm³/mol. The van der Waals surface area contributed by atoms with Crippen LogP contribution in [-0.2, 0) is 0 Å². The fourth-order valence-corrected chi connectivity index (χ4v) is 3.70. The summed E-state index contributed by atoms with van der Waals surface area (Å²) in [5, 5.41) is 6.21. The van der Waals surface area contributed by atoms with E-state index in [0.29, 0.717) is 30.1 Å². The van der Waals surface area contributed by atoms with Crippen LogP contribution >= 0.6 is 12.4 Å². The zero-order valence-corrected chi connectivity index (χ0v) is 17.1. The average molecular weight is 434 g/mol. The molecular weight excluding hydrogens is 412 g/mol. The first-order chi connectivity index (χ1) is 14.0. The molecule has 2 atom stereocenters. The summed E-state index contributed by atoms with van der Waals surface area (Å²) in [5.74, 6) is -1.74. The van der Waals surface area contributed by atoms with E-state index >= 15 is 0 Å². The van der Waals surface area contributed by atoms with Crippen molar-refractivity contribution in [1.82, 2.24) is 15.6 Å². The van der Waals surface area contributed by atoms with Crippen molar-refractivity contribution in [3.05, 3.63) is 77.2 Å². The van der Waals surface area contributed by atoms with E-state index in [1.807, 2.05) is 30.3 Å². The van der Waals surface area contributed by atoms with Crippen molar-refractivity contribution in [2.45, 2.75) is 25.3 Å². The third-order valence-corrected chi connectivity index (χ3v) is 5.19. The van der Waals surface area contributed by atoms with Crippen molar-refractivity contribution < 1.29 is 18.0 Å². The molecule has 5 nitrogen and oxygen atoms in total. The van der Waals surface area contributed by atoms with E-state index in [4.69, 9.17) is 4.42 Å². The van der Waals surface area contributed by atoms with Crippen LogP contribution in [0.2, 0.25) is 0 Å². The average Bonchev–Trinajstić information content (AvgIpc) is 3.13. The van der Waals surface area contributed by atoms with Crippen molar-refractivity contribution in [2.75, 3.05) is 13.1 Å². The van der Waals surface area contributed by atoms with Crippen molar-refractivity contribution >= 4 is 18.3 Å². The molecule has 2 heterocycles. The van der Waals surface area contributed by atoms with Gasteiger partial charge in [-0.05, 0) is 49.7 Å². The molecule has 1 saturated heterocycles. The van der Waals surface area contributed by atoms with Gasteiger partial charge in [-0.2, -0.15) is 0 Å². The van der Waals surface area contributed by atoms with Crippen molar-refractivity contribution in [3.63, 3.8) is 0 Å². The number of aryl methyl sites for hydroxylation is 1. The fraction of sp³-hybridized carbons (Fsp3) is 0.273. The van der Waals surface area contributed by atoms with Gasteiger partial charge in [0.25, 0.3) is 5.91 Å². The normalized spacial score (nSPS) is 18.5. The number of nitrogens with one attached hydrogen (secondary N) is 2. The summed E-state index contributed by atoms with van der Waals surface area (Å²) in [7, 11) is 0. The summed E-state index contributed by atoms with van der Waals surface area (Å²) in [5.41, 5.74) is 1.94. The zero-order valence-electron chi connectivity index (χ0n) is 16.3. The lowest BCUT2D eigenvalue weighted by atomic mass is 9.86. The van der Waals surface area contributed by atoms with Gasteiger partial charge in [0.15, 0.2) is 11.6 Å². The summed E-state index contributed by atoms with van der Waals surface area (Å²) in [6.45, 7) is 2.97. The lowest BCUT2D eigenvalue weighted by Gasteiger charge is -2.33. The summed E-state index contributed by atoms with van der Waals surface area (Å²) in [6.07, 6.45) is 0.695. The maximum absolute atomic E-state index is 13.7. The van der Waals surface area contributed by atoms with E-state index in [0.717, 1.165) is 18.2 Å². The molecule has 0 radical (unpaired) electrons. The Balaban J connectivity index is 0.00000256. The second-order valence-electron chi connectivity index (χ2n) is 7.15. The number of halogens is 3. The first-order valence-electron chi connectivity index (χ1n) is 9.52. The second-order valence-corrected chi connectivity index (χ2v) is 7.15. The number of oxazole rings is 1. The van der Waals surface area contributed by atoms with Crippen LogP contribution in [0.3, 0.4) is 0 Å². The minimum Gasteiger partial charge on any atom is -0.431 e. The molecule has 0 bridgehead atoms. The molecule has 0 saturated carbocycles. The number of aromatic nitrogens is 1. The highest BCUT2D eigenvalue weighted by Crippen LogP contribution is 2.28. The predicted octanol–water partition coefficient (Wildman–Crippen LogP) is 4.23. The Hall–Kier alpha value is -2.77. The van der Waals surface area contributed by atoms with Crippen LogP contribution in [0.25, 0.3) is 11.5 Å². The number of hydrogen-bond donors (Lipinski definition) is 2. The molecule has 158 valence electrons. The van der Waals surface area contributed by atoms with Crippen LogP contribution in [-0.4, -0.2) is 30.0 Å². The van der Waals surface area contributed by atoms with Gasteiger partial charge in [0, 0.05) is 24.1 Å². The largest absolute Gasteiger partial charge is 0.431 e. The standard InChI is InChI=1S/C22H21F2N3O2.ClH/c1-13-20(29-22(26-13)14-5-3-2-4-6-14)21(28)27-19-12-25-10-9-16(19)15-7-8-17(23)18(24)11-15;/h2-8,11,16,19,25H,9-10,12H2,1H3,(H,27,28);1H. The summed E-state index contributed by atoms with van der Waals surface area (Å²) >= 11 is 0. The third-order valence-electron chi connectivity index (χ3n) is 5.19. The van der Waals surface area contributed by atoms with Gasteiger partial charge in [-0.15, -0.1) is 12.4 Å². The molecule has 3 aromatic rings. The maximum atomic E-state index is 13.7. The molecule has 0 spiro atoms. The highest BCUT2D eigenvalue weighted by atomic mass is 35.5. The Bertz CT molecular complexity index is 1030. The first-order valence-corrected chi connectivity index (χ1v) is 9.52. The van der Waals surface area contributed by atoms with E-state index in [-0.39, 0.29) is 36.0 Å². The number of piperidine rings is 1. The molecule has 30 heavy (non-hydrogen) atoms. The summed E-state index contributed by atoms with van der Waals surface area (Å²) in [4.78, 5) is 17.2. The lowest BCUT2D eigenvalue weighted by molar-refractivity contribution is 0.0896. The van der Waals surface area contributed by atoms with E-state index in [1.165, 1.54) is 6.07 Å². The Morgan fingerprint density at radius 1 is 1.17 bits per heavy atom. The molecule has 2 aromatic carbocycles. The van der Waals surface area contributed by atoms with Gasteiger partial charge < -0.3 is 15.1 Å². The molecule has 4 rings (SSSR count). The van der Waals surface area contributed by atoms with Crippen molar-refractivity contribution in [2.24, 2.45) is 0 Å². The van der Waals surface area contributed by atoms with Gasteiger partial charge >= 0.3 is 0 Å². The SMILES string of the molecule is Cc1nc(-c2ccccc2)oc1C(=O)NC1CNCCC1c1ccc(F)c(F)c1.Cl. The molecule has 8 heteroatoms. The molecule has 1 fully saturated rings. The van der Waals surface area contributed by atoms with Crippen LogP contribution in [0.1, 0.15) is 34.2 Å². The summed E-state index contributed by atoms with van der Waals surface area (Å²) < 4.78 is 32.7. The number of nitrogens with zero attached hydrogens (tertiary/aromatic N) is 1. The molecule has 0 aliphatic carbocycles. The van der Waals surface area contributed by atoms with Gasteiger partial charge in [0.2, 0.25) is 11.7 Å². The maximum Gasteiger partial charge on any atom is 0.289 e. The lowest BCUT2D eigenvalue weighted by Crippen LogP contribution is -2.50. The Morgan fingerprint density at radius 2 is 1.93 bits per heavy atom. The molecular formula is C22H22ClF2N3O2. The highest BCUT2D eigenvalue weighted by molar-refractivity contribution is 5.93. The molecule has 2 N–H and O–H groups in total. The van der Waals surface area contributed by atoms with Crippen molar-refractivity contribution in [1.29, 1.82) is 0 Å². The second kappa shape index (κ2) is 9.36. The summed E-state index contributed by atoms with van der Waals surface area (Å²) in [6, 6.07) is 13.0. The van der Waals surface area contributed by atoms with E-state index in [2.05, 4.69) is 15.6 Å². The zero-order chi connectivity index (χ0) is 20.4. The molecule has 1 aromatic heterocycles. The highest BCUT2D eigenvalue weighted by Gasteiger charge is 2.30. The minimum absolute atomic E-state index is 0. The Morgan fingerprint density at radius 3 is 2.67 bits per heavy atom. The van der Waals surface area contributed by atoms with E-state index in [1.54, 1.807) is 13.0 Å². The fourth-order valence-electron chi connectivity index (χ4n) is 3.70. The van der Waals surface area contributed by atoms with Crippen LogP contribution < -0.4 is 10.6 Å². The quantitative estimate of drug-likeness (QED) is 0.646. The molecule has 1 amide bonds. The van der Waals surface area contributed by atoms with Crippen LogP contribution in [0.15, 0.2) is 52.9 Å². The number of benzene rings is 2. The van der Waals surface area contributed by atoms with Gasteiger partial charge in [0.1, 0.15) is 0 Å². The number of rotatable bonds is 4. The molecule has 1 aliphatic rings. The first kappa shape index (κ1) is 21.9. The van der Waals surface area contributed by atoms with Crippen LogP contribution in [0, 0.1) is 18.6 Å².